The highest BCUT2D eigenvalue weighted by atomic mass is 16.6. The zero-order valence-corrected chi connectivity index (χ0v) is 7.76. The third kappa shape index (κ3) is 0.780. The molecule has 2 heteroatoms. The summed E-state index contributed by atoms with van der Waals surface area (Å²) in [6, 6.07) is 0. The van der Waals surface area contributed by atoms with Crippen LogP contribution in [0.3, 0.4) is 0 Å². The number of carbonyl (C=O) groups is 1. The third-order valence-electron chi connectivity index (χ3n) is 3.18. The first-order valence-electron chi connectivity index (χ1n) is 4.40. The van der Waals surface area contributed by atoms with Gasteiger partial charge in [-0.1, -0.05) is 25.5 Å². The highest BCUT2D eigenvalue weighted by molar-refractivity contribution is 5.80. The van der Waals surface area contributed by atoms with E-state index in [0.717, 1.165) is 6.42 Å². The van der Waals surface area contributed by atoms with Crippen LogP contribution in [-0.4, -0.2) is 12.1 Å². The molecule has 12 heavy (non-hydrogen) atoms. The molecule has 0 spiro atoms. The van der Waals surface area contributed by atoms with E-state index in [9.17, 15) is 4.79 Å². The molecule has 0 aromatic heterocycles. The van der Waals surface area contributed by atoms with Gasteiger partial charge in [-0.15, -0.1) is 0 Å². The predicted octanol–water partition coefficient (Wildman–Crippen LogP) is 1.90. The molecule has 1 fully saturated rings. The maximum absolute atomic E-state index is 11.4. The minimum Gasteiger partial charge on any atom is -0.461 e. The Labute approximate surface area is 72.6 Å². The normalized spacial score (nSPS) is 37.6. The van der Waals surface area contributed by atoms with Gasteiger partial charge in [0.25, 0.3) is 0 Å². The first kappa shape index (κ1) is 7.84. The zero-order chi connectivity index (χ0) is 8.93. The summed E-state index contributed by atoms with van der Waals surface area (Å²) in [5.41, 5.74) is 1.19. The van der Waals surface area contributed by atoms with Gasteiger partial charge in [-0.3, -0.25) is 4.79 Å². The van der Waals surface area contributed by atoms with Crippen LogP contribution < -0.4 is 0 Å². The highest BCUT2D eigenvalue weighted by Crippen LogP contribution is 2.48. The van der Waals surface area contributed by atoms with Crippen molar-refractivity contribution in [3.8, 4) is 0 Å². The fraction of sp³-hybridized carbons (Fsp3) is 0.700. The maximum atomic E-state index is 11.4. The molecule has 0 N–H and O–H groups in total. The summed E-state index contributed by atoms with van der Waals surface area (Å²) in [7, 11) is 0. The van der Waals surface area contributed by atoms with Gasteiger partial charge in [0.1, 0.15) is 6.10 Å². The van der Waals surface area contributed by atoms with Crippen LogP contribution in [0.25, 0.3) is 0 Å². The minimum absolute atomic E-state index is 0.00984. The predicted molar refractivity (Wildman–Crippen MR) is 45.5 cm³/mol. The standard InChI is InChI=1S/C10H14O2/c1-6-4-5-7-10(2,3)8(6)9(11)12-7/h4,7-8H,5H2,1-3H3/t7-,8-/m0/s1. The van der Waals surface area contributed by atoms with E-state index >= 15 is 0 Å². The Bertz CT molecular complexity index is 263. The first-order chi connectivity index (χ1) is 5.53. The van der Waals surface area contributed by atoms with E-state index in [1.807, 2.05) is 6.92 Å². The molecule has 0 aromatic carbocycles. The summed E-state index contributed by atoms with van der Waals surface area (Å²) in [6.45, 7) is 6.25. The van der Waals surface area contributed by atoms with Crippen LogP contribution in [-0.2, 0) is 9.53 Å². The van der Waals surface area contributed by atoms with E-state index < -0.39 is 0 Å². The van der Waals surface area contributed by atoms with Crippen molar-refractivity contribution in [2.45, 2.75) is 33.3 Å². The molecule has 0 unspecified atom stereocenters. The van der Waals surface area contributed by atoms with Gasteiger partial charge >= 0.3 is 5.97 Å². The van der Waals surface area contributed by atoms with Crippen molar-refractivity contribution < 1.29 is 9.53 Å². The average Bonchev–Trinajstić information content (AvgIpc) is 2.12. The van der Waals surface area contributed by atoms with Crippen molar-refractivity contribution >= 4 is 5.97 Å². The second kappa shape index (κ2) is 2.12. The van der Waals surface area contributed by atoms with Gasteiger partial charge in [0.2, 0.25) is 0 Å². The molecule has 1 aliphatic carbocycles. The second-order valence-corrected chi connectivity index (χ2v) is 4.36. The number of hydrogen-bond acceptors (Lipinski definition) is 2. The van der Waals surface area contributed by atoms with E-state index in [2.05, 4.69) is 19.9 Å². The van der Waals surface area contributed by atoms with E-state index in [-0.39, 0.29) is 23.4 Å². The van der Waals surface area contributed by atoms with Gasteiger partial charge in [0.15, 0.2) is 0 Å². The SMILES string of the molecule is CC1=CC[C@@H]2OC(=O)[C@H]1C2(C)C. The Hall–Kier alpha value is -0.790. The van der Waals surface area contributed by atoms with Crippen LogP contribution in [0.1, 0.15) is 27.2 Å². The summed E-state index contributed by atoms with van der Waals surface area (Å²) in [5.74, 6) is -0.0208. The number of ether oxygens (including phenoxy) is 1. The molecular formula is C10H14O2. The lowest BCUT2D eigenvalue weighted by molar-refractivity contribution is -0.143. The maximum Gasteiger partial charge on any atom is 0.314 e. The van der Waals surface area contributed by atoms with Crippen molar-refractivity contribution in [2.24, 2.45) is 11.3 Å². The fourth-order valence-electron chi connectivity index (χ4n) is 2.39. The monoisotopic (exact) mass is 166 g/mol. The molecule has 0 radical (unpaired) electrons. The van der Waals surface area contributed by atoms with Gasteiger partial charge in [-0.25, -0.2) is 0 Å². The molecule has 2 aliphatic rings. The highest BCUT2D eigenvalue weighted by Gasteiger charge is 2.53. The van der Waals surface area contributed by atoms with Gasteiger partial charge in [0.05, 0.1) is 5.92 Å². The Balaban J connectivity index is 2.46. The first-order valence-corrected chi connectivity index (χ1v) is 4.40. The van der Waals surface area contributed by atoms with E-state index in [1.165, 1.54) is 5.57 Å². The number of esters is 1. The van der Waals surface area contributed by atoms with E-state index in [0.29, 0.717) is 0 Å². The second-order valence-electron chi connectivity index (χ2n) is 4.36. The Morgan fingerprint density at radius 2 is 2.25 bits per heavy atom. The van der Waals surface area contributed by atoms with Crippen LogP contribution in [0.4, 0.5) is 0 Å². The average molecular weight is 166 g/mol. The number of carbonyl (C=O) groups excluding carboxylic acids is 1. The topological polar surface area (TPSA) is 26.3 Å². The van der Waals surface area contributed by atoms with Gasteiger partial charge in [-0.05, 0) is 6.92 Å². The number of fused-ring (bicyclic) bond motifs is 2. The molecule has 2 bridgehead atoms. The van der Waals surface area contributed by atoms with Gasteiger partial charge in [0, 0.05) is 11.8 Å². The summed E-state index contributed by atoms with van der Waals surface area (Å²) in [6.07, 6.45) is 3.13. The van der Waals surface area contributed by atoms with Crippen LogP contribution in [0.5, 0.6) is 0 Å². The van der Waals surface area contributed by atoms with E-state index in [1.54, 1.807) is 0 Å². The lowest BCUT2D eigenvalue weighted by Crippen LogP contribution is -2.33. The van der Waals surface area contributed by atoms with Gasteiger partial charge in [-0.2, -0.15) is 0 Å². The van der Waals surface area contributed by atoms with Crippen LogP contribution in [0, 0.1) is 11.3 Å². The van der Waals surface area contributed by atoms with Crippen molar-refractivity contribution in [2.75, 3.05) is 0 Å². The van der Waals surface area contributed by atoms with Crippen molar-refractivity contribution in [1.82, 2.24) is 0 Å². The van der Waals surface area contributed by atoms with Crippen LogP contribution >= 0.6 is 0 Å². The molecule has 2 atom stereocenters. The Morgan fingerprint density at radius 3 is 2.83 bits per heavy atom. The largest absolute Gasteiger partial charge is 0.461 e. The van der Waals surface area contributed by atoms with Crippen LogP contribution in [0.15, 0.2) is 11.6 Å². The zero-order valence-electron chi connectivity index (χ0n) is 7.76. The van der Waals surface area contributed by atoms with Crippen molar-refractivity contribution in [3.63, 3.8) is 0 Å². The molecule has 1 saturated heterocycles. The molecule has 2 rings (SSSR count). The Morgan fingerprint density at radius 1 is 1.58 bits per heavy atom. The smallest absolute Gasteiger partial charge is 0.314 e. The van der Waals surface area contributed by atoms with Gasteiger partial charge < -0.3 is 4.74 Å². The molecule has 0 amide bonds. The third-order valence-corrected chi connectivity index (χ3v) is 3.18. The summed E-state index contributed by atoms with van der Waals surface area (Å²) in [5, 5.41) is 0. The Kier molecular flexibility index (Phi) is 1.39. The molecule has 1 heterocycles. The van der Waals surface area contributed by atoms with Crippen LogP contribution in [0.2, 0.25) is 0 Å². The lowest BCUT2D eigenvalue weighted by Gasteiger charge is -2.32. The van der Waals surface area contributed by atoms with E-state index in [4.69, 9.17) is 4.74 Å². The summed E-state index contributed by atoms with van der Waals surface area (Å²) < 4.78 is 5.28. The molecule has 2 nitrogen and oxygen atoms in total. The molecule has 66 valence electrons. The molecule has 1 aliphatic heterocycles. The minimum atomic E-state index is -0.0312. The molecule has 0 saturated carbocycles. The summed E-state index contributed by atoms with van der Waals surface area (Å²) in [4.78, 5) is 11.4. The molecule has 0 aromatic rings. The number of rotatable bonds is 0. The van der Waals surface area contributed by atoms with Crippen molar-refractivity contribution in [1.29, 1.82) is 0 Å². The molecular weight excluding hydrogens is 152 g/mol. The fourth-order valence-corrected chi connectivity index (χ4v) is 2.39. The number of hydrogen-bond donors (Lipinski definition) is 0. The van der Waals surface area contributed by atoms with Crippen molar-refractivity contribution in [3.05, 3.63) is 11.6 Å². The lowest BCUT2D eigenvalue weighted by atomic mass is 9.69. The quantitative estimate of drug-likeness (QED) is 0.406. The summed E-state index contributed by atoms with van der Waals surface area (Å²) >= 11 is 0.